The Morgan fingerprint density at radius 2 is 1.04 bits per heavy atom. The Bertz CT molecular complexity index is 3930. The average molecular weight is 1600 g/mol. The maximum absolute atomic E-state index is 15.1. The number of likely N-dealkylation sites (N-methyl/N-ethyl adjacent to an activating group) is 7. The summed E-state index contributed by atoms with van der Waals surface area (Å²) in [5.74, 6) is -11.2. The van der Waals surface area contributed by atoms with E-state index in [1.54, 1.807) is 66.7 Å². The first-order valence-electron chi connectivity index (χ1n) is 38.4. The van der Waals surface area contributed by atoms with Gasteiger partial charge in [0, 0.05) is 55.5 Å². The van der Waals surface area contributed by atoms with Gasteiger partial charge in [0.2, 0.25) is 65.0 Å². The number of azo groups is 1. The molecule has 0 spiro atoms. The standard InChI is InChI=1S/C62H111N11O12.C18H14N4O5S/c1-25-27-28-40(15)52(75)51-56(79)65-43(26-2)58(81)67(18)33-48(74)68(19)44(29-34(3)4)55(78)66-49(38(11)12)61(84)69(20)45(30-35(5)6)54(77)63-41(16)53(76)64-42(17)57(80)70(21)46(31-36(7)8)59(82)71(22)47(32-37(9)10)60(83)72(23)50(39(13)14)62(85)73(51)24;23-16-9-6-13(11-15(16)18(24)25)21-20-12-4-7-14(8-5-12)28(26,27)22-17-3-1-2-10-19-17/h25,27,34-47,49-52,75H,26,28-33H2,1-24H3,(H,63,77)(H,64,76)(H,65,79)(H,66,78);1-11,23H,(H,19,22)(H,24,25)/b27-25+;21-20+/t40-,41-,42-,43+,44-,45-,46-,47-,49+,50-,51-,52-;/m1./s1. The molecule has 0 radical (unpaired) electrons. The quantitative estimate of drug-likeness (QED) is 0.0394. The number of nitrogens with one attached hydrogen (secondary N) is 5. The van der Waals surface area contributed by atoms with Crippen LogP contribution >= 0.6 is 0 Å². The van der Waals surface area contributed by atoms with Gasteiger partial charge in [0.25, 0.3) is 10.0 Å². The fourth-order valence-electron chi connectivity index (χ4n) is 12.9. The first-order chi connectivity index (χ1) is 52.6. The van der Waals surface area contributed by atoms with Gasteiger partial charge in [-0.1, -0.05) is 115 Å². The Hall–Kier alpha value is -9.92. The smallest absolute Gasteiger partial charge is 0.339 e. The summed E-state index contributed by atoms with van der Waals surface area (Å²) in [6.07, 6.45) is 4.52. The molecule has 4 rings (SSSR count). The largest absolute Gasteiger partial charge is 0.507 e. The molecule has 1 aliphatic rings. The molecule has 1 fully saturated rings. The number of hydrogen-bond acceptors (Lipinski definition) is 19. The van der Waals surface area contributed by atoms with Gasteiger partial charge in [-0.05, 0) is 155 Å². The van der Waals surface area contributed by atoms with E-state index < -0.39 is 172 Å². The molecule has 113 heavy (non-hydrogen) atoms. The second kappa shape index (κ2) is 44.5. The van der Waals surface area contributed by atoms with E-state index in [-0.39, 0.29) is 83.5 Å². The van der Waals surface area contributed by atoms with Crippen molar-refractivity contribution in [3.8, 4) is 5.75 Å². The van der Waals surface area contributed by atoms with Crippen LogP contribution in [0.15, 0.2) is 94.1 Å². The number of aromatic hydroxyl groups is 1. The third-order valence-corrected chi connectivity index (χ3v) is 21.0. The molecule has 0 unspecified atom stereocenters. The highest BCUT2D eigenvalue weighted by Crippen LogP contribution is 2.29. The molecule has 0 aliphatic carbocycles. The van der Waals surface area contributed by atoms with Crippen LogP contribution in [-0.2, 0) is 62.8 Å². The molecule has 2 heterocycles. The van der Waals surface area contributed by atoms with Crippen molar-refractivity contribution in [2.24, 2.45) is 51.7 Å². The minimum atomic E-state index is -3.79. The van der Waals surface area contributed by atoms with Gasteiger partial charge in [-0.3, -0.25) is 57.5 Å². The molecule has 628 valence electrons. The van der Waals surface area contributed by atoms with Gasteiger partial charge < -0.3 is 70.9 Å². The minimum absolute atomic E-state index is 0.0229. The summed E-state index contributed by atoms with van der Waals surface area (Å²) in [6, 6.07) is 1.95. The number of allylic oxidation sites excluding steroid dienone is 2. The van der Waals surface area contributed by atoms with Crippen molar-refractivity contribution in [3.05, 3.63) is 84.6 Å². The van der Waals surface area contributed by atoms with Crippen molar-refractivity contribution >= 4 is 98.2 Å². The molecular weight excluding hydrogens is 1480 g/mol. The Kier molecular flexibility index (Phi) is 38.3. The highest BCUT2D eigenvalue weighted by molar-refractivity contribution is 7.92. The number of carboxylic acid groups (broad SMARTS) is 1. The maximum atomic E-state index is 15.1. The molecule has 0 bridgehead atoms. The van der Waals surface area contributed by atoms with Crippen LogP contribution < -0.4 is 26.0 Å². The molecule has 8 N–H and O–H groups in total. The number of amides is 11. The van der Waals surface area contributed by atoms with Crippen molar-refractivity contribution < 1.29 is 81.3 Å². The zero-order valence-corrected chi connectivity index (χ0v) is 71.1. The number of aliphatic hydroxyl groups is 1. The Morgan fingerprint density at radius 3 is 1.53 bits per heavy atom. The number of carbonyl (C=O) groups excluding carboxylic acids is 11. The third-order valence-electron chi connectivity index (χ3n) is 19.6. The lowest BCUT2D eigenvalue weighted by Gasteiger charge is -2.41. The van der Waals surface area contributed by atoms with E-state index >= 15 is 9.59 Å². The summed E-state index contributed by atoms with van der Waals surface area (Å²) >= 11 is 0. The number of carbonyl (C=O) groups is 12. The third kappa shape index (κ3) is 28.0. The number of anilines is 1. The second-order valence-electron chi connectivity index (χ2n) is 31.6. The molecule has 11 amide bonds. The molecule has 3 aromatic rings. The number of hydrogen-bond donors (Lipinski definition) is 8. The van der Waals surface area contributed by atoms with Crippen LogP contribution in [0.4, 0.5) is 17.2 Å². The van der Waals surface area contributed by atoms with Gasteiger partial charge in [0.15, 0.2) is 0 Å². The zero-order chi connectivity index (χ0) is 86.1. The first-order valence-corrected chi connectivity index (χ1v) is 39.9. The van der Waals surface area contributed by atoms with Crippen LogP contribution in [0.3, 0.4) is 0 Å². The van der Waals surface area contributed by atoms with Crippen LogP contribution in [-0.4, -0.2) is 256 Å². The molecule has 2 aromatic carbocycles. The van der Waals surface area contributed by atoms with E-state index in [4.69, 9.17) is 5.11 Å². The summed E-state index contributed by atoms with van der Waals surface area (Å²) in [5, 5.41) is 49.4. The van der Waals surface area contributed by atoms with Crippen LogP contribution in [0.2, 0.25) is 0 Å². The lowest BCUT2D eigenvalue weighted by Crippen LogP contribution is -2.63. The topological polar surface area (TPSA) is 420 Å². The van der Waals surface area contributed by atoms with E-state index in [1.807, 2.05) is 61.5 Å². The van der Waals surface area contributed by atoms with Gasteiger partial charge in [-0.2, -0.15) is 10.2 Å². The van der Waals surface area contributed by atoms with Crippen molar-refractivity contribution in [1.29, 1.82) is 0 Å². The molecule has 33 heteroatoms. The van der Waals surface area contributed by atoms with Crippen LogP contribution in [0.5, 0.6) is 5.75 Å². The Labute approximate surface area is 667 Å². The lowest BCUT2D eigenvalue weighted by atomic mass is 9.91. The number of benzene rings is 2. The summed E-state index contributed by atoms with van der Waals surface area (Å²) in [4.78, 5) is 183. The van der Waals surface area contributed by atoms with E-state index in [2.05, 4.69) is 41.2 Å². The number of pyridine rings is 1. The number of phenols is 1. The SMILES string of the molecule is C/C=C/C[C@@H](C)[C@@H](O)[C@@H]1C(=O)N[C@@H](CC)C(=O)N(C)CC(=O)N(C)[C@H](CC(C)C)C(=O)N[C@@H](C(C)C)C(=O)N(C)[C@H](CC(C)C)C(=O)N[C@H](C)C(=O)N[C@H](C)C(=O)N(C)[C@H](CC(C)C)C(=O)N(C)[C@H](CC(C)C)C(=O)N(C)[C@H](C(C)C)C(=O)N1C.O=C(O)c1cc(/N=N/c2ccc(S(=O)(=O)Nc3ccccn3)cc2)ccc1O. The molecule has 1 aromatic heterocycles. The van der Waals surface area contributed by atoms with Crippen molar-refractivity contribution in [1.82, 2.24) is 60.6 Å². The van der Waals surface area contributed by atoms with Crippen molar-refractivity contribution in [3.63, 3.8) is 0 Å². The number of aromatic nitrogens is 1. The Morgan fingerprint density at radius 1 is 0.558 bits per heavy atom. The fourth-order valence-corrected chi connectivity index (χ4v) is 13.9. The van der Waals surface area contributed by atoms with Gasteiger partial charge >= 0.3 is 5.97 Å². The lowest BCUT2D eigenvalue weighted by molar-refractivity contribution is -0.157. The normalized spacial score (nSPS) is 23.1. The molecule has 12 atom stereocenters. The first kappa shape index (κ1) is 97.3. The Balaban J connectivity index is 0.000000974. The van der Waals surface area contributed by atoms with Gasteiger partial charge in [0.05, 0.1) is 28.9 Å². The second-order valence-corrected chi connectivity index (χ2v) is 33.3. The van der Waals surface area contributed by atoms with Gasteiger partial charge in [0.1, 0.15) is 77.5 Å². The fraction of sp³-hybridized carbons (Fsp3) is 0.613. The van der Waals surface area contributed by atoms with Crippen LogP contribution in [0.1, 0.15) is 167 Å². The van der Waals surface area contributed by atoms with E-state index in [0.717, 1.165) is 9.80 Å². The average Bonchev–Trinajstić information content (AvgIpc) is 0.804. The number of aromatic carboxylic acids is 1. The molecule has 1 saturated heterocycles. The number of rotatable bonds is 21. The minimum Gasteiger partial charge on any atom is -0.507 e. The van der Waals surface area contributed by atoms with E-state index in [9.17, 15) is 66.6 Å². The molecular formula is C80H125N15O17S. The van der Waals surface area contributed by atoms with Crippen LogP contribution in [0, 0.1) is 41.4 Å². The predicted octanol–water partition coefficient (Wildman–Crippen LogP) is 6.97. The highest BCUT2D eigenvalue weighted by Gasteiger charge is 2.46. The zero-order valence-electron chi connectivity index (χ0n) is 70.3. The monoisotopic (exact) mass is 1600 g/mol. The van der Waals surface area contributed by atoms with Gasteiger partial charge in [-0.25, -0.2) is 18.2 Å². The predicted molar refractivity (Wildman–Crippen MR) is 429 cm³/mol. The summed E-state index contributed by atoms with van der Waals surface area (Å²) < 4.78 is 27.0. The van der Waals surface area contributed by atoms with Crippen molar-refractivity contribution in [2.45, 2.75) is 228 Å². The molecule has 32 nitrogen and oxygen atoms in total. The number of aliphatic hydroxyl groups excluding tert-OH is 1. The summed E-state index contributed by atoms with van der Waals surface area (Å²) in [6.45, 7) is 29.3. The molecule has 1 aliphatic heterocycles. The molecule has 0 saturated carbocycles. The van der Waals surface area contributed by atoms with E-state index in [1.165, 1.54) is 142 Å². The number of carboxylic acids is 1. The van der Waals surface area contributed by atoms with Crippen molar-refractivity contribution in [2.75, 3.05) is 60.6 Å². The van der Waals surface area contributed by atoms with Gasteiger partial charge in [-0.15, -0.1) is 0 Å². The summed E-state index contributed by atoms with van der Waals surface area (Å²) in [7, 11) is 6.12. The summed E-state index contributed by atoms with van der Waals surface area (Å²) in [5.41, 5.74) is 0.295. The van der Waals surface area contributed by atoms with Crippen LogP contribution in [0.25, 0.3) is 0 Å². The van der Waals surface area contributed by atoms with E-state index in [0.29, 0.717) is 12.1 Å². The number of sulfonamides is 1. The highest BCUT2D eigenvalue weighted by atomic mass is 32.2. The maximum Gasteiger partial charge on any atom is 0.339 e. The number of nitrogens with zero attached hydrogens (tertiary/aromatic N) is 10.